The van der Waals surface area contributed by atoms with Gasteiger partial charge >= 0.3 is 0 Å². The summed E-state index contributed by atoms with van der Waals surface area (Å²) >= 11 is 0. The first-order chi connectivity index (χ1) is 11.5. The zero-order valence-electron chi connectivity index (χ0n) is 15.0. The van der Waals surface area contributed by atoms with Crippen LogP contribution in [0.5, 0.6) is 0 Å². The maximum absolute atomic E-state index is 12.6. The average molecular weight is 325 g/mol. The molecule has 1 amide bonds. The number of rotatable bonds is 6. The van der Waals surface area contributed by atoms with Crippen LogP contribution < -0.4 is 5.32 Å². The van der Waals surface area contributed by atoms with Crippen LogP contribution in [0.4, 0.5) is 5.82 Å². The van der Waals surface area contributed by atoms with Crippen LogP contribution >= 0.6 is 0 Å². The minimum absolute atomic E-state index is 0.0704. The Kier molecular flexibility index (Phi) is 4.74. The maximum atomic E-state index is 12.6. The van der Waals surface area contributed by atoms with Gasteiger partial charge in [0.05, 0.1) is 12.2 Å². The lowest BCUT2D eigenvalue weighted by Crippen LogP contribution is -2.19. The smallest absolute Gasteiger partial charge is 0.256 e. The Morgan fingerprint density at radius 2 is 1.92 bits per heavy atom. The molecule has 1 atom stereocenters. The molecule has 1 fully saturated rings. The third kappa shape index (κ3) is 3.69. The van der Waals surface area contributed by atoms with E-state index in [0.29, 0.717) is 23.4 Å². The molecule has 1 saturated carbocycles. The third-order valence-corrected chi connectivity index (χ3v) is 4.76. The molecule has 1 aromatic carbocycles. The summed E-state index contributed by atoms with van der Waals surface area (Å²) in [7, 11) is 0. The van der Waals surface area contributed by atoms with E-state index in [2.05, 4.69) is 31.2 Å². The predicted molar refractivity (Wildman–Crippen MR) is 97.3 cm³/mol. The zero-order chi connectivity index (χ0) is 17.3. The van der Waals surface area contributed by atoms with Gasteiger partial charge in [-0.3, -0.25) is 4.79 Å². The molecule has 128 valence electrons. The van der Waals surface area contributed by atoms with Crippen LogP contribution in [0.2, 0.25) is 0 Å². The summed E-state index contributed by atoms with van der Waals surface area (Å²) in [6.07, 6.45) is 5.38. The number of nitrogens with one attached hydrogen (secondary N) is 1. The monoisotopic (exact) mass is 325 g/mol. The molecule has 0 aliphatic heterocycles. The number of carbonyl (C=O) groups is 1. The van der Waals surface area contributed by atoms with Gasteiger partial charge in [0.1, 0.15) is 5.82 Å². The Hall–Kier alpha value is -2.10. The van der Waals surface area contributed by atoms with Gasteiger partial charge in [-0.1, -0.05) is 26.0 Å². The normalized spacial score (nSPS) is 15.5. The molecule has 1 aliphatic carbocycles. The van der Waals surface area contributed by atoms with E-state index in [1.54, 1.807) is 0 Å². The van der Waals surface area contributed by atoms with E-state index in [1.807, 2.05) is 42.1 Å². The standard InChI is InChI=1S/C20H27N3O/c1-13(2)11-16-5-7-18(8-6-16)20(24)22-19-14(3)12-21-23(19)15(4)17-9-10-17/h5-8,12-13,15,17H,9-11H2,1-4H3,(H,22,24)/t15-/m0/s1. The molecule has 4 nitrogen and oxygen atoms in total. The van der Waals surface area contributed by atoms with Crippen LogP contribution in [-0.2, 0) is 6.42 Å². The highest BCUT2D eigenvalue weighted by molar-refractivity contribution is 6.04. The van der Waals surface area contributed by atoms with Crippen molar-refractivity contribution in [2.75, 3.05) is 5.32 Å². The molecule has 0 unspecified atom stereocenters. The highest BCUT2D eigenvalue weighted by atomic mass is 16.1. The van der Waals surface area contributed by atoms with Gasteiger partial charge in [-0.05, 0) is 62.6 Å². The van der Waals surface area contributed by atoms with Crippen molar-refractivity contribution in [2.45, 2.75) is 53.0 Å². The lowest BCUT2D eigenvalue weighted by atomic mass is 10.0. The van der Waals surface area contributed by atoms with Gasteiger partial charge in [-0.2, -0.15) is 5.10 Å². The van der Waals surface area contributed by atoms with Crippen molar-refractivity contribution in [1.29, 1.82) is 0 Å². The Morgan fingerprint density at radius 3 is 2.50 bits per heavy atom. The molecule has 0 saturated heterocycles. The van der Waals surface area contributed by atoms with Gasteiger partial charge in [0, 0.05) is 11.1 Å². The van der Waals surface area contributed by atoms with Crippen molar-refractivity contribution in [3.05, 3.63) is 47.2 Å². The highest BCUT2D eigenvalue weighted by Crippen LogP contribution is 2.40. The van der Waals surface area contributed by atoms with E-state index < -0.39 is 0 Å². The Balaban J connectivity index is 1.74. The van der Waals surface area contributed by atoms with Crippen molar-refractivity contribution >= 4 is 11.7 Å². The fourth-order valence-electron chi connectivity index (χ4n) is 3.13. The van der Waals surface area contributed by atoms with Crippen LogP contribution in [0.3, 0.4) is 0 Å². The molecule has 2 aromatic rings. The third-order valence-electron chi connectivity index (χ3n) is 4.76. The summed E-state index contributed by atoms with van der Waals surface area (Å²) in [5.74, 6) is 2.06. The van der Waals surface area contributed by atoms with Crippen molar-refractivity contribution < 1.29 is 4.79 Å². The SMILES string of the molecule is Cc1cnn([C@@H](C)C2CC2)c1NC(=O)c1ccc(CC(C)C)cc1. The van der Waals surface area contributed by atoms with E-state index in [1.165, 1.54) is 18.4 Å². The molecular formula is C20H27N3O. The number of aryl methyl sites for hydroxylation is 1. The molecule has 1 N–H and O–H groups in total. The number of aromatic nitrogens is 2. The van der Waals surface area contributed by atoms with Gasteiger partial charge in [0.25, 0.3) is 5.91 Å². The molecule has 24 heavy (non-hydrogen) atoms. The van der Waals surface area contributed by atoms with Crippen LogP contribution in [0.25, 0.3) is 0 Å². The lowest BCUT2D eigenvalue weighted by Gasteiger charge is -2.16. The number of hydrogen-bond donors (Lipinski definition) is 1. The van der Waals surface area contributed by atoms with Crippen molar-refractivity contribution in [2.24, 2.45) is 11.8 Å². The van der Waals surface area contributed by atoms with Gasteiger partial charge < -0.3 is 5.32 Å². The summed E-state index contributed by atoms with van der Waals surface area (Å²) in [5.41, 5.74) is 2.96. The first-order valence-electron chi connectivity index (χ1n) is 8.90. The minimum Gasteiger partial charge on any atom is -0.307 e. The summed E-state index contributed by atoms with van der Waals surface area (Å²) in [4.78, 5) is 12.6. The molecule has 0 radical (unpaired) electrons. The van der Waals surface area contributed by atoms with Crippen molar-refractivity contribution in [3.63, 3.8) is 0 Å². The summed E-state index contributed by atoms with van der Waals surface area (Å²) in [6.45, 7) is 8.57. The lowest BCUT2D eigenvalue weighted by molar-refractivity contribution is 0.102. The molecule has 3 rings (SSSR count). The predicted octanol–water partition coefficient (Wildman–Crippen LogP) is 4.61. The first kappa shape index (κ1) is 16.7. The minimum atomic E-state index is -0.0704. The second-order valence-corrected chi connectivity index (χ2v) is 7.45. The number of nitrogens with zero attached hydrogens (tertiary/aromatic N) is 2. The van der Waals surface area contributed by atoms with E-state index in [0.717, 1.165) is 17.8 Å². The van der Waals surface area contributed by atoms with Crippen LogP contribution in [-0.4, -0.2) is 15.7 Å². The van der Waals surface area contributed by atoms with Crippen molar-refractivity contribution in [1.82, 2.24) is 9.78 Å². The number of anilines is 1. The number of amides is 1. The summed E-state index contributed by atoms with van der Waals surface area (Å²) in [6, 6.07) is 8.25. The molecule has 1 aliphatic rings. The Labute approximate surface area is 144 Å². The molecule has 1 heterocycles. The largest absolute Gasteiger partial charge is 0.307 e. The van der Waals surface area contributed by atoms with Crippen LogP contribution in [0.1, 0.15) is 61.1 Å². The number of benzene rings is 1. The summed E-state index contributed by atoms with van der Waals surface area (Å²) in [5, 5.41) is 7.53. The number of carbonyl (C=O) groups excluding carboxylic acids is 1. The number of hydrogen-bond acceptors (Lipinski definition) is 2. The Morgan fingerprint density at radius 1 is 1.25 bits per heavy atom. The van der Waals surface area contributed by atoms with Crippen LogP contribution in [0, 0.1) is 18.8 Å². The molecule has 1 aromatic heterocycles. The van der Waals surface area contributed by atoms with Crippen molar-refractivity contribution in [3.8, 4) is 0 Å². The fraction of sp³-hybridized carbons (Fsp3) is 0.500. The van der Waals surface area contributed by atoms with E-state index in [4.69, 9.17) is 0 Å². The molecular weight excluding hydrogens is 298 g/mol. The average Bonchev–Trinajstić information content (AvgIpc) is 3.33. The molecule has 0 spiro atoms. The molecule has 4 heteroatoms. The van der Waals surface area contributed by atoms with Gasteiger partial charge in [-0.15, -0.1) is 0 Å². The van der Waals surface area contributed by atoms with Gasteiger partial charge in [0.2, 0.25) is 0 Å². The highest BCUT2D eigenvalue weighted by Gasteiger charge is 2.31. The second kappa shape index (κ2) is 6.80. The second-order valence-electron chi connectivity index (χ2n) is 7.45. The maximum Gasteiger partial charge on any atom is 0.256 e. The molecule has 0 bridgehead atoms. The van der Waals surface area contributed by atoms with Gasteiger partial charge in [-0.25, -0.2) is 4.68 Å². The van der Waals surface area contributed by atoms with Gasteiger partial charge in [0.15, 0.2) is 0 Å². The first-order valence-corrected chi connectivity index (χ1v) is 8.90. The fourth-order valence-corrected chi connectivity index (χ4v) is 3.13. The zero-order valence-corrected chi connectivity index (χ0v) is 15.0. The summed E-state index contributed by atoms with van der Waals surface area (Å²) < 4.78 is 1.97. The Bertz CT molecular complexity index is 711. The van der Waals surface area contributed by atoms with Crippen LogP contribution in [0.15, 0.2) is 30.5 Å². The van der Waals surface area contributed by atoms with E-state index >= 15 is 0 Å². The quantitative estimate of drug-likeness (QED) is 0.843. The van der Waals surface area contributed by atoms with E-state index in [9.17, 15) is 4.79 Å². The van der Waals surface area contributed by atoms with E-state index in [-0.39, 0.29) is 5.91 Å². The topological polar surface area (TPSA) is 46.9 Å².